The molecule has 0 saturated heterocycles. The van der Waals surface area contributed by atoms with Gasteiger partial charge in [-0.05, 0) is 30.2 Å². The third kappa shape index (κ3) is 3.74. The Bertz CT molecular complexity index is 669. The zero-order valence-corrected chi connectivity index (χ0v) is 13.9. The van der Waals surface area contributed by atoms with Gasteiger partial charge in [-0.15, -0.1) is 0 Å². The molecule has 1 unspecified atom stereocenters. The fourth-order valence-electron chi connectivity index (χ4n) is 2.95. The largest absolute Gasteiger partial charge is 0.382 e. The van der Waals surface area contributed by atoms with Crippen LogP contribution in [0.25, 0.3) is 0 Å². The molecule has 6 heteroatoms. The molecule has 0 saturated carbocycles. The number of methoxy groups -OCH3 is 1. The highest BCUT2D eigenvalue weighted by Crippen LogP contribution is 2.21. The maximum atomic E-state index is 12.5. The van der Waals surface area contributed by atoms with Crippen LogP contribution >= 0.6 is 11.6 Å². The van der Waals surface area contributed by atoms with Gasteiger partial charge in [-0.2, -0.15) is 5.10 Å². The summed E-state index contributed by atoms with van der Waals surface area (Å²) in [4.78, 5) is 14.4. The highest BCUT2D eigenvalue weighted by Gasteiger charge is 2.28. The van der Waals surface area contributed by atoms with E-state index in [4.69, 9.17) is 16.3 Å². The van der Waals surface area contributed by atoms with E-state index < -0.39 is 0 Å². The summed E-state index contributed by atoms with van der Waals surface area (Å²) in [6.45, 7) is 1.80. The molecule has 23 heavy (non-hydrogen) atoms. The van der Waals surface area contributed by atoms with Crippen LogP contribution in [0.4, 0.5) is 0 Å². The van der Waals surface area contributed by atoms with Gasteiger partial charge in [0.2, 0.25) is 5.91 Å². The number of ether oxygens (including phenoxy) is 1. The maximum absolute atomic E-state index is 12.5. The van der Waals surface area contributed by atoms with Gasteiger partial charge in [0.05, 0.1) is 24.9 Å². The van der Waals surface area contributed by atoms with Gasteiger partial charge in [0.15, 0.2) is 0 Å². The molecule has 1 aromatic heterocycles. The van der Waals surface area contributed by atoms with Crippen LogP contribution < -0.4 is 0 Å². The maximum Gasteiger partial charge on any atom is 0.223 e. The second-order valence-corrected chi connectivity index (χ2v) is 6.21. The van der Waals surface area contributed by atoms with Crippen molar-refractivity contribution in [3.8, 4) is 0 Å². The van der Waals surface area contributed by atoms with Crippen LogP contribution in [-0.2, 0) is 22.5 Å². The fraction of sp³-hybridized carbons (Fsp3) is 0.412. The summed E-state index contributed by atoms with van der Waals surface area (Å²) < 4.78 is 7.23. The average Bonchev–Trinajstić information content (AvgIpc) is 3.03. The third-order valence-electron chi connectivity index (χ3n) is 4.13. The number of benzene rings is 1. The molecular weight excluding hydrogens is 314 g/mol. The molecular formula is C17H20ClN3O2. The molecule has 2 heterocycles. The summed E-state index contributed by atoms with van der Waals surface area (Å²) in [7, 11) is 1.67. The lowest BCUT2D eigenvalue weighted by Gasteiger charge is -2.33. The summed E-state index contributed by atoms with van der Waals surface area (Å²) in [5.41, 5.74) is 2.18. The SMILES string of the molecule is COCC1CN(C(=O)CCc2ccc(Cl)cc2)Cc2ccnn21. The molecule has 0 radical (unpaired) electrons. The van der Waals surface area contributed by atoms with E-state index in [0.29, 0.717) is 31.1 Å². The molecule has 1 amide bonds. The Morgan fingerprint density at radius 3 is 2.87 bits per heavy atom. The molecule has 0 aliphatic carbocycles. The molecule has 1 atom stereocenters. The van der Waals surface area contributed by atoms with Gasteiger partial charge in [0.1, 0.15) is 0 Å². The molecule has 2 aromatic rings. The predicted molar refractivity (Wildman–Crippen MR) is 88.3 cm³/mol. The number of halogens is 1. The van der Waals surface area contributed by atoms with Gasteiger partial charge in [-0.1, -0.05) is 23.7 Å². The van der Waals surface area contributed by atoms with Crippen LogP contribution in [0, 0.1) is 0 Å². The van der Waals surface area contributed by atoms with E-state index in [-0.39, 0.29) is 11.9 Å². The van der Waals surface area contributed by atoms with E-state index in [2.05, 4.69) is 5.10 Å². The van der Waals surface area contributed by atoms with Crippen molar-refractivity contribution in [2.24, 2.45) is 0 Å². The number of nitrogens with zero attached hydrogens (tertiary/aromatic N) is 3. The van der Waals surface area contributed by atoms with E-state index in [0.717, 1.165) is 17.7 Å². The fourth-order valence-corrected chi connectivity index (χ4v) is 3.08. The van der Waals surface area contributed by atoms with Gasteiger partial charge >= 0.3 is 0 Å². The highest BCUT2D eigenvalue weighted by molar-refractivity contribution is 6.30. The molecule has 0 bridgehead atoms. The number of carbonyl (C=O) groups excluding carboxylic acids is 1. The van der Waals surface area contributed by atoms with Gasteiger partial charge in [0, 0.05) is 31.3 Å². The van der Waals surface area contributed by atoms with E-state index >= 15 is 0 Å². The Morgan fingerprint density at radius 1 is 1.35 bits per heavy atom. The standard InChI is InChI=1S/C17H20ClN3O2/c1-23-12-16-11-20(10-15-8-9-19-21(15)16)17(22)7-4-13-2-5-14(18)6-3-13/h2-3,5-6,8-9,16H,4,7,10-12H2,1H3. The molecule has 122 valence electrons. The Kier molecular flexibility index (Phi) is 4.98. The predicted octanol–water partition coefficient (Wildman–Crippen LogP) is 2.70. The molecule has 5 nitrogen and oxygen atoms in total. The summed E-state index contributed by atoms with van der Waals surface area (Å²) in [6.07, 6.45) is 3.00. The van der Waals surface area contributed by atoms with Crippen molar-refractivity contribution in [3.63, 3.8) is 0 Å². The summed E-state index contributed by atoms with van der Waals surface area (Å²) in [5, 5.41) is 5.05. The molecule has 3 rings (SSSR count). The van der Waals surface area contributed by atoms with Crippen molar-refractivity contribution >= 4 is 17.5 Å². The minimum absolute atomic E-state index is 0.0817. The van der Waals surface area contributed by atoms with Crippen LogP contribution in [0.2, 0.25) is 5.02 Å². The minimum Gasteiger partial charge on any atom is -0.382 e. The van der Waals surface area contributed by atoms with Crippen LogP contribution in [0.1, 0.15) is 23.7 Å². The summed E-state index contributed by atoms with van der Waals surface area (Å²) >= 11 is 5.88. The Balaban J connectivity index is 1.62. The molecule has 0 fully saturated rings. The number of hydrogen-bond donors (Lipinski definition) is 0. The number of carbonyl (C=O) groups is 1. The van der Waals surface area contributed by atoms with Crippen LogP contribution in [0.15, 0.2) is 36.5 Å². The highest BCUT2D eigenvalue weighted by atomic mass is 35.5. The Hall–Kier alpha value is -1.85. The summed E-state index contributed by atoms with van der Waals surface area (Å²) in [5.74, 6) is 0.161. The van der Waals surface area contributed by atoms with Gasteiger partial charge in [-0.25, -0.2) is 0 Å². The molecule has 0 N–H and O–H groups in total. The number of hydrogen-bond acceptors (Lipinski definition) is 3. The van der Waals surface area contributed by atoms with Crippen molar-refractivity contribution in [1.29, 1.82) is 0 Å². The first-order valence-corrected chi connectivity index (χ1v) is 8.08. The first-order chi connectivity index (χ1) is 11.2. The van der Waals surface area contributed by atoms with Crippen molar-refractivity contribution in [3.05, 3.63) is 52.8 Å². The van der Waals surface area contributed by atoms with Crippen molar-refractivity contribution in [1.82, 2.24) is 14.7 Å². The lowest BCUT2D eigenvalue weighted by atomic mass is 10.1. The van der Waals surface area contributed by atoms with Crippen LogP contribution in [0.3, 0.4) is 0 Å². The quantitative estimate of drug-likeness (QED) is 0.845. The van der Waals surface area contributed by atoms with Crippen LogP contribution in [-0.4, -0.2) is 40.8 Å². The van der Waals surface area contributed by atoms with Crippen molar-refractivity contribution in [2.45, 2.75) is 25.4 Å². The second-order valence-electron chi connectivity index (χ2n) is 5.78. The van der Waals surface area contributed by atoms with Crippen LogP contribution in [0.5, 0.6) is 0 Å². The first kappa shape index (κ1) is 16.0. The van der Waals surface area contributed by atoms with E-state index in [1.54, 1.807) is 13.3 Å². The first-order valence-electron chi connectivity index (χ1n) is 7.71. The smallest absolute Gasteiger partial charge is 0.223 e. The lowest BCUT2D eigenvalue weighted by molar-refractivity contribution is -0.133. The Morgan fingerprint density at radius 2 is 2.13 bits per heavy atom. The topological polar surface area (TPSA) is 47.4 Å². The molecule has 0 spiro atoms. The molecule has 1 aromatic carbocycles. The molecule has 1 aliphatic heterocycles. The van der Waals surface area contributed by atoms with E-state index in [1.807, 2.05) is 39.9 Å². The second kappa shape index (κ2) is 7.15. The normalized spacial score (nSPS) is 17.1. The number of rotatable bonds is 5. The van der Waals surface area contributed by atoms with Gasteiger partial charge < -0.3 is 9.64 Å². The zero-order valence-electron chi connectivity index (χ0n) is 13.1. The molecule has 1 aliphatic rings. The van der Waals surface area contributed by atoms with Crippen molar-refractivity contribution < 1.29 is 9.53 Å². The zero-order chi connectivity index (χ0) is 16.2. The average molecular weight is 334 g/mol. The van der Waals surface area contributed by atoms with Crippen molar-refractivity contribution in [2.75, 3.05) is 20.3 Å². The Labute approximate surface area is 140 Å². The minimum atomic E-state index is 0.0817. The number of aryl methyl sites for hydroxylation is 1. The van der Waals surface area contributed by atoms with Gasteiger partial charge in [0.25, 0.3) is 0 Å². The number of aromatic nitrogens is 2. The summed E-state index contributed by atoms with van der Waals surface area (Å²) in [6, 6.07) is 9.69. The number of amides is 1. The third-order valence-corrected chi connectivity index (χ3v) is 4.39. The lowest BCUT2D eigenvalue weighted by Crippen LogP contribution is -2.42. The monoisotopic (exact) mass is 333 g/mol. The van der Waals surface area contributed by atoms with E-state index in [1.165, 1.54) is 0 Å². The van der Waals surface area contributed by atoms with E-state index in [9.17, 15) is 4.79 Å². The number of fused-ring (bicyclic) bond motifs is 1. The van der Waals surface area contributed by atoms with Gasteiger partial charge in [-0.3, -0.25) is 9.48 Å².